The molecule has 0 spiro atoms. The van der Waals surface area contributed by atoms with Crippen LogP contribution < -0.4 is 0 Å². The van der Waals surface area contributed by atoms with Crippen molar-refractivity contribution in [1.29, 1.82) is 0 Å². The molecule has 0 saturated heterocycles. The lowest BCUT2D eigenvalue weighted by atomic mass is 10.1. The van der Waals surface area contributed by atoms with Crippen LogP contribution in [0.5, 0.6) is 0 Å². The molecule has 0 bridgehead atoms. The highest BCUT2D eigenvalue weighted by Crippen LogP contribution is 2.01. The summed E-state index contributed by atoms with van der Waals surface area (Å²) < 4.78 is 0. The maximum atomic E-state index is 4.12. The summed E-state index contributed by atoms with van der Waals surface area (Å²) >= 11 is 0. The van der Waals surface area contributed by atoms with Crippen LogP contribution in [-0.2, 0) is 6.42 Å². The fourth-order valence-corrected chi connectivity index (χ4v) is 1.11. The van der Waals surface area contributed by atoms with Crippen molar-refractivity contribution in [3.05, 3.63) is 35.9 Å². The molecular weight excluding hydrogens is 172 g/mol. The van der Waals surface area contributed by atoms with Crippen LogP contribution in [0.25, 0.3) is 0 Å². The van der Waals surface area contributed by atoms with Gasteiger partial charge in [0.25, 0.3) is 0 Å². The van der Waals surface area contributed by atoms with Crippen molar-refractivity contribution in [2.45, 2.75) is 27.2 Å². The standard InChI is InChI=1S/C12H16N2/c1-10(2)13-14-11(3)9-12-7-5-4-6-8-12/h4-8H,9H2,1-3H3/b14-11+. The Labute approximate surface area is 85.4 Å². The Hall–Kier alpha value is -1.44. The van der Waals surface area contributed by atoms with E-state index in [2.05, 4.69) is 22.3 Å². The zero-order valence-electron chi connectivity index (χ0n) is 8.99. The van der Waals surface area contributed by atoms with Gasteiger partial charge in [0.05, 0.1) is 0 Å². The Morgan fingerprint density at radius 2 is 1.64 bits per heavy atom. The molecule has 0 aromatic heterocycles. The van der Waals surface area contributed by atoms with Crippen LogP contribution >= 0.6 is 0 Å². The quantitative estimate of drug-likeness (QED) is 0.514. The van der Waals surface area contributed by atoms with E-state index in [0.717, 1.165) is 17.8 Å². The summed E-state index contributed by atoms with van der Waals surface area (Å²) in [7, 11) is 0. The number of hydrogen-bond acceptors (Lipinski definition) is 2. The van der Waals surface area contributed by atoms with Crippen molar-refractivity contribution in [3.63, 3.8) is 0 Å². The van der Waals surface area contributed by atoms with Crippen LogP contribution in [0.4, 0.5) is 0 Å². The van der Waals surface area contributed by atoms with Crippen molar-refractivity contribution in [1.82, 2.24) is 0 Å². The van der Waals surface area contributed by atoms with Crippen molar-refractivity contribution < 1.29 is 0 Å². The van der Waals surface area contributed by atoms with Gasteiger partial charge in [-0.3, -0.25) is 0 Å². The summed E-state index contributed by atoms with van der Waals surface area (Å²) in [5.41, 5.74) is 3.30. The van der Waals surface area contributed by atoms with Gasteiger partial charge in [-0.15, -0.1) is 0 Å². The van der Waals surface area contributed by atoms with E-state index in [0.29, 0.717) is 0 Å². The molecule has 1 aromatic carbocycles. The van der Waals surface area contributed by atoms with Gasteiger partial charge in [-0.1, -0.05) is 30.3 Å². The molecule has 0 saturated carbocycles. The predicted octanol–water partition coefficient (Wildman–Crippen LogP) is 3.09. The van der Waals surface area contributed by atoms with Gasteiger partial charge in [0.15, 0.2) is 0 Å². The lowest BCUT2D eigenvalue weighted by molar-refractivity contribution is 1.17. The molecular formula is C12H16N2. The van der Waals surface area contributed by atoms with Gasteiger partial charge >= 0.3 is 0 Å². The molecule has 1 rings (SSSR count). The first-order valence-electron chi connectivity index (χ1n) is 4.77. The molecule has 14 heavy (non-hydrogen) atoms. The fourth-order valence-electron chi connectivity index (χ4n) is 1.11. The van der Waals surface area contributed by atoms with E-state index >= 15 is 0 Å². The molecule has 2 nitrogen and oxygen atoms in total. The summed E-state index contributed by atoms with van der Waals surface area (Å²) in [6.45, 7) is 5.89. The molecule has 0 unspecified atom stereocenters. The average molecular weight is 188 g/mol. The number of rotatable bonds is 3. The van der Waals surface area contributed by atoms with Crippen molar-refractivity contribution in [2.75, 3.05) is 0 Å². The predicted molar refractivity (Wildman–Crippen MR) is 62.0 cm³/mol. The van der Waals surface area contributed by atoms with Gasteiger partial charge in [0.2, 0.25) is 0 Å². The summed E-state index contributed by atoms with van der Waals surface area (Å²) in [4.78, 5) is 0. The molecule has 0 fully saturated rings. The number of nitrogens with zero attached hydrogens (tertiary/aromatic N) is 2. The SMILES string of the molecule is CC(C)=N/N=C(\C)Cc1ccccc1. The second-order valence-electron chi connectivity index (χ2n) is 3.54. The van der Waals surface area contributed by atoms with Crippen LogP contribution in [0, 0.1) is 0 Å². The van der Waals surface area contributed by atoms with E-state index in [-0.39, 0.29) is 0 Å². The van der Waals surface area contributed by atoms with Crippen LogP contribution in [0.2, 0.25) is 0 Å². The first-order chi connectivity index (χ1) is 6.68. The molecule has 0 N–H and O–H groups in total. The topological polar surface area (TPSA) is 24.7 Å². The van der Waals surface area contributed by atoms with Gasteiger partial charge in [0, 0.05) is 17.8 Å². The minimum atomic E-state index is 0.873. The third-order valence-electron chi connectivity index (χ3n) is 1.72. The van der Waals surface area contributed by atoms with Crippen LogP contribution in [0.1, 0.15) is 26.3 Å². The van der Waals surface area contributed by atoms with Crippen LogP contribution in [0.15, 0.2) is 40.5 Å². The molecule has 1 aromatic rings. The highest BCUT2D eigenvalue weighted by atomic mass is 15.2. The van der Waals surface area contributed by atoms with Crippen molar-refractivity contribution in [2.24, 2.45) is 10.2 Å². The van der Waals surface area contributed by atoms with E-state index in [4.69, 9.17) is 0 Å². The maximum Gasteiger partial charge on any atom is 0.0418 e. The molecule has 0 aliphatic carbocycles. The smallest absolute Gasteiger partial charge is 0.0418 e. The third-order valence-corrected chi connectivity index (χ3v) is 1.72. The first kappa shape index (κ1) is 10.6. The van der Waals surface area contributed by atoms with E-state index in [9.17, 15) is 0 Å². The van der Waals surface area contributed by atoms with E-state index in [1.54, 1.807) is 0 Å². The van der Waals surface area contributed by atoms with Gasteiger partial charge in [-0.25, -0.2) is 0 Å². The van der Waals surface area contributed by atoms with Crippen LogP contribution in [0.3, 0.4) is 0 Å². The first-order valence-corrected chi connectivity index (χ1v) is 4.77. The molecule has 0 heterocycles. The molecule has 0 aliphatic rings. The van der Waals surface area contributed by atoms with Crippen molar-refractivity contribution in [3.8, 4) is 0 Å². The monoisotopic (exact) mass is 188 g/mol. The van der Waals surface area contributed by atoms with E-state index in [1.807, 2.05) is 39.0 Å². The normalized spacial score (nSPS) is 11.2. The molecule has 0 atom stereocenters. The highest BCUT2D eigenvalue weighted by Gasteiger charge is 1.93. The largest absolute Gasteiger partial charge is 0.161 e. The van der Waals surface area contributed by atoms with E-state index < -0.39 is 0 Å². The molecule has 0 aliphatic heterocycles. The zero-order valence-corrected chi connectivity index (χ0v) is 8.99. The summed E-state index contributed by atoms with van der Waals surface area (Å²) in [6, 6.07) is 10.3. The average Bonchev–Trinajstić information content (AvgIpc) is 2.16. The lowest BCUT2D eigenvalue weighted by Crippen LogP contribution is -1.96. The summed E-state index contributed by atoms with van der Waals surface area (Å²) in [5.74, 6) is 0. The minimum Gasteiger partial charge on any atom is -0.161 e. The summed E-state index contributed by atoms with van der Waals surface area (Å²) in [6.07, 6.45) is 0.873. The highest BCUT2D eigenvalue weighted by molar-refractivity contribution is 5.85. The Bertz CT molecular complexity index is 333. The Balaban J connectivity index is 2.62. The summed E-state index contributed by atoms with van der Waals surface area (Å²) in [5, 5.41) is 8.15. The Morgan fingerprint density at radius 1 is 1.00 bits per heavy atom. The van der Waals surface area contributed by atoms with Gasteiger partial charge in [-0.2, -0.15) is 10.2 Å². The lowest BCUT2D eigenvalue weighted by Gasteiger charge is -1.98. The molecule has 0 amide bonds. The van der Waals surface area contributed by atoms with Crippen LogP contribution in [-0.4, -0.2) is 11.4 Å². The minimum absolute atomic E-state index is 0.873. The Kier molecular flexibility index (Phi) is 4.05. The third kappa shape index (κ3) is 3.99. The number of benzene rings is 1. The fraction of sp³-hybridized carbons (Fsp3) is 0.333. The van der Waals surface area contributed by atoms with Gasteiger partial charge in [-0.05, 0) is 26.3 Å². The molecule has 2 heteroatoms. The zero-order chi connectivity index (χ0) is 10.4. The number of hydrogen-bond donors (Lipinski definition) is 0. The van der Waals surface area contributed by atoms with Gasteiger partial charge < -0.3 is 0 Å². The Morgan fingerprint density at radius 3 is 2.21 bits per heavy atom. The molecule has 74 valence electrons. The second kappa shape index (κ2) is 5.32. The molecule has 0 radical (unpaired) electrons. The second-order valence-corrected chi connectivity index (χ2v) is 3.54. The maximum absolute atomic E-state index is 4.12. The van der Waals surface area contributed by atoms with Crippen molar-refractivity contribution >= 4 is 11.4 Å². The van der Waals surface area contributed by atoms with E-state index in [1.165, 1.54) is 5.56 Å². The van der Waals surface area contributed by atoms with Gasteiger partial charge in [0.1, 0.15) is 0 Å².